The molecular formula is C21H24N4O. The maximum atomic E-state index is 12.8. The van der Waals surface area contributed by atoms with Crippen molar-refractivity contribution in [3.63, 3.8) is 0 Å². The van der Waals surface area contributed by atoms with Gasteiger partial charge in [0.05, 0.1) is 6.20 Å². The average molecular weight is 348 g/mol. The highest BCUT2D eigenvalue weighted by Crippen LogP contribution is 2.33. The summed E-state index contributed by atoms with van der Waals surface area (Å²) in [5.74, 6) is -0.0831. The Morgan fingerprint density at radius 3 is 2.54 bits per heavy atom. The van der Waals surface area contributed by atoms with E-state index in [2.05, 4.69) is 53.6 Å². The summed E-state index contributed by atoms with van der Waals surface area (Å²) in [6.45, 7) is 2.60. The predicted octanol–water partition coefficient (Wildman–Crippen LogP) is 2.47. The van der Waals surface area contributed by atoms with Gasteiger partial charge in [-0.05, 0) is 56.6 Å². The zero-order valence-electron chi connectivity index (χ0n) is 15.5. The molecule has 5 nitrogen and oxygen atoms in total. The number of nitrogens with one attached hydrogen (secondary N) is 1. The van der Waals surface area contributed by atoms with Crippen molar-refractivity contribution in [1.29, 1.82) is 0 Å². The van der Waals surface area contributed by atoms with Crippen molar-refractivity contribution in [2.24, 2.45) is 0 Å². The molecule has 0 aliphatic heterocycles. The lowest BCUT2D eigenvalue weighted by molar-refractivity contribution is 0.0897. The van der Waals surface area contributed by atoms with E-state index in [0.29, 0.717) is 12.2 Å². The fraction of sp³-hybridized carbons (Fsp3) is 0.333. The third-order valence-corrected chi connectivity index (χ3v) is 5.65. The van der Waals surface area contributed by atoms with Crippen LogP contribution >= 0.6 is 0 Å². The molecule has 0 spiro atoms. The number of likely N-dealkylation sites (N-methyl/N-ethyl adjacent to an activating group) is 1. The van der Waals surface area contributed by atoms with Gasteiger partial charge in [-0.3, -0.25) is 9.20 Å². The first-order valence-corrected chi connectivity index (χ1v) is 8.95. The molecular weight excluding hydrogens is 324 g/mol. The van der Waals surface area contributed by atoms with Gasteiger partial charge in [-0.25, -0.2) is 4.98 Å². The maximum Gasteiger partial charge on any atom is 0.269 e. The normalized spacial score (nSPS) is 15.4. The number of carbonyl (C=O) groups excluding carboxylic acids is 1. The van der Waals surface area contributed by atoms with Crippen LogP contribution in [0.4, 0.5) is 0 Å². The van der Waals surface area contributed by atoms with Crippen molar-refractivity contribution in [3.8, 4) is 0 Å². The highest BCUT2D eigenvalue weighted by molar-refractivity contribution is 5.93. The van der Waals surface area contributed by atoms with Crippen LogP contribution < -0.4 is 5.32 Å². The molecule has 4 rings (SSSR count). The van der Waals surface area contributed by atoms with Gasteiger partial charge in [-0.2, -0.15) is 0 Å². The number of aryl methyl sites for hydroxylation is 1. The van der Waals surface area contributed by atoms with Gasteiger partial charge in [0.15, 0.2) is 0 Å². The average Bonchev–Trinajstić information content (AvgIpc) is 3.22. The van der Waals surface area contributed by atoms with Gasteiger partial charge in [0, 0.05) is 18.3 Å². The van der Waals surface area contributed by atoms with E-state index < -0.39 is 0 Å². The Bertz CT molecular complexity index is 948. The highest BCUT2D eigenvalue weighted by atomic mass is 16.1. The third kappa shape index (κ3) is 2.69. The monoisotopic (exact) mass is 348 g/mol. The number of rotatable bonds is 4. The van der Waals surface area contributed by atoms with E-state index in [9.17, 15) is 4.79 Å². The highest BCUT2D eigenvalue weighted by Gasteiger charge is 2.39. The lowest BCUT2D eigenvalue weighted by Crippen LogP contribution is -2.53. The molecule has 26 heavy (non-hydrogen) atoms. The molecule has 2 aromatic heterocycles. The first kappa shape index (κ1) is 16.8. The van der Waals surface area contributed by atoms with Crippen LogP contribution in [0, 0.1) is 6.92 Å². The van der Waals surface area contributed by atoms with Crippen molar-refractivity contribution in [1.82, 2.24) is 19.6 Å². The fourth-order valence-electron chi connectivity index (χ4n) is 3.93. The number of amides is 1. The van der Waals surface area contributed by atoms with Gasteiger partial charge in [-0.1, -0.05) is 30.3 Å². The Labute approximate surface area is 153 Å². The van der Waals surface area contributed by atoms with Crippen molar-refractivity contribution >= 4 is 11.6 Å². The molecule has 3 aromatic rings. The van der Waals surface area contributed by atoms with Crippen molar-refractivity contribution in [2.75, 3.05) is 20.6 Å². The summed E-state index contributed by atoms with van der Waals surface area (Å²) < 4.78 is 1.86. The number of aromatic nitrogens is 2. The van der Waals surface area contributed by atoms with Gasteiger partial charge in [-0.15, -0.1) is 0 Å². The summed E-state index contributed by atoms with van der Waals surface area (Å²) in [5.41, 5.74) is 5.13. The molecule has 0 unspecified atom stereocenters. The molecule has 0 saturated heterocycles. The van der Waals surface area contributed by atoms with Gasteiger partial charge < -0.3 is 10.2 Å². The molecule has 1 aliphatic rings. The molecule has 0 radical (unpaired) electrons. The molecule has 0 saturated carbocycles. The Hall–Kier alpha value is -2.66. The molecule has 0 fully saturated rings. The van der Waals surface area contributed by atoms with Crippen LogP contribution in [0.5, 0.6) is 0 Å². The molecule has 5 heteroatoms. The zero-order valence-corrected chi connectivity index (χ0v) is 15.5. The number of benzene rings is 1. The van der Waals surface area contributed by atoms with Gasteiger partial charge in [0.25, 0.3) is 5.91 Å². The first-order chi connectivity index (χ1) is 12.5. The van der Waals surface area contributed by atoms with E-state index in [1.165, 1.54) is 11.1 Å². The smallest absolute Gasteiger partial charge is 0.269 e. The van der Waals surface area contributed by atoms with Crippen LogP contribution in [-0.4, -0.2) is 46.4 Å². The number of hydrogen-bond donors (Lipinski definition) is 1. The van der Waals surface area contributed by atoms with Gasteiger partial charge >= 0.3 is 0 Å². The molecule has 1 aromatic carbocycles. The van der Waals surface area contributed by atoms with Crippen LogP contribution in [0.1, 0.15) is 27.2 Å². The Balaban J connectivity index is 1.55. The molecule has 0 atom stereocenters. The summed E-state index contributed by atoms with van der Waals surface area (Å²) in [6.07, 6.45) is 5.44. The predicted molar refractivity (Wildman–Crippen MR) is 103 cm³/mol. The summed E-state index contributed by atoms with van der Waals surface area (Å²) in [5, 5.41) is 3.15. The fourth-order valence-corrected chi connectivity index (χ4v) is 3.93. The Morgan fingerprint density at radius 2 is 1.88 bits per heavy atom. The van der Waals surface area contributed by atoms with Crippen molar-refractivity contribution < 1.29 is 4.79 Å². The van der Waals surface area contributed by atoms with E-state index >= 15 is 0 Å². The van der Waals surface area contributed by atoms with Crippen LogP contribution in [-0.2, 0) is 12.8 Å². The molecule has 1 amide bonds. The van der Waals surface area contributed by atoms with E-state index in [-0.39, 0.29) is 11.4 Å². The molecule has 1 N–H and O–H groups in total. The minimum Gasteiger partial charge on any atom is -0.349 e. The van der Waals surface area contributed by atoms with E-state index in [1.807, 2.05) is 29.7 Å². The summed E-state index contributed by atoms with van der Waals surface area (Å²) >= 11 is 0. The zero-order chi connectivity index (χ0) is 18.3. The second-order valence-electron chi connectivity index (χ2n) is 7.45. The number of hydrogen-bond acceptors (Lipinski definition) is 3. The quantitative estimate of drug-likeness (QED) is 0.788. The molecule has 0 bridgehead atoms. The van der Waals surface area contributed by atoms with Gasteiger partial charge in [0.1, 0.15) is 11.3 Å². The lowest BCUT2D eigenvalue weighted by atomic mass is 9.94. The van der Waals surface area contributed by atoms with E-state index in [1.54, 1.807) is 6.20 Å². The lowest BCUT2D eigenvalue weighted by Gasteiger charge is -2.36. The largest absolute Gasteiger partial charge is 0.349 e. The van der Waals surface area contributed by atoms with Crippen LogP contribution in [0.25, 0.3) is 5.65 Å². The molecule has 2 heterocycles. The molecule has 134 valence electrons. The van der Waals surface area contributed by atoms with Crippen molar-refractivity contribution in [3.05, 3.63) is 71.2 Å². The van der Waals surface area contributed by atoms with Gasteiger partial charge in [0.2, 0.25) is 0 Å². The summed E-state index contributed by atoms with van der Waals surface area (Å²) in [7, 11) is 4.19. The third-order valence-electron chi connectivity index (χ3n) is 5.65. The minimum absolute atomic E-state index is 0.0831. The summed E-state index contributed by atoms with van der Waals surface area (Å²) in [6, 6.07) is 12.5. The number of imidazole rings is 1. The van der Waals surface area contributed by atoms with E-state index in [4.69, 9.17) is 0 Å². The number of fused-ring (bicyclic) bond motifs is 2. The SMILES string of the molecule is Cc1cccn2c(C(=O)NCC3(N(C)C)Cc4ccccc4C3)cnc12. The van der Waals surface area contributed by atoms with Crippen LogP contribution in [0.15, 0.2) is 48.8 Å². The van der Waals surface area contributed by atoms with Crippen molar-refractivity contribution in [2.45, 2.75) is 25.3 Å². The topological polar surface area (TPSA) is 49.6 Å². The number of nitrogens with zero attached hydrogens (tertiary/aromatic N) is 3. The second kappa shape index (κ2) is 6.25. The standard InChI is InChI=1S/C21H24N4O/c1-15-7-6-10-25-18(13-22-19(15)25)20(26)23-14-21(24(2)3)11-16-8-4-5-9-17(16)12-21/h4-10,13H,11-12,14H2,1-3H3,(H,23,26). The minimum atomic E-state index is -0.0875. The van der Waals surface area contributed by atoms with E-state index in [0.717, 1.165) is 24.1 Å². The number of pyridine rings is 1. The Morgan fingerprint density at radius 1 is 1.19 bits per heavy atom. The second-order valence-corrected chi connectivity index (χ2v) is 7.45. The maximum absolute atomic E-state index is 12.8. The van der Waals surface area contributed by atoms with Crippen LogP contribution in [0.3, 0.4) is 0 Å². The first-order valence-electron chi connectivity index (χ1n) is 8.95. The molecule has 1 aliphatic carbocycles. The summed E-state index contributed by atoms with van der Waals surface area (Å²) in [4.78, 5) is 19.5. The number of carbonyl (C=O) groups is 1. The van der Waals surface area contributed by atoms with Crippen LogP contribution in [0.2, 0.25) is 0 Å². The Kier molecular flexibility index (Phi) is 4.04.